The second-order valence-corrected chi connectivity index (χ2v) is 3.51. The van der Waals surface area contributed by atoms with Crippen molar-refractivity contribution in [3.8, 4) is 0 Å². The van der Waals surface area contributed by atoms with Crippen molar-refractivity contribution < 1.29 is 0 Å². The molecular weight excluding hydrogens is 146 g/mol. The Labute approximate surface area is 63.8 Å². The maximum Gasteiger partial charge on any atom is 0.0958 e. The zero-order chi connectivity index (χ0) is 6.97. The predicted octanol–water partition coefficient (Wildman–Crippen LogP) is 0.604. The van der Waals surface area contributed by atoms with E-state index in [1.807, 2.05) is 23.5 Å². The number of hydrogen-bond acceptors (Lipinski definition) is 3. The summed E-state index contributed by atoms with van der Waals surface area (Å²) in [7, 11) is 1.96. The Kier molecular flexibility index (Phi) is 1.41. The molecule has 0 aromatic carbocycles. The van der Waals surface area contributed by atoms with Gasteiger partial charge in [0, 0.05) is 19.2 Å². The van der Waals surface area contributed by atoms with E-state index in [1.54, 1.807) is 0 Å². The number of nitrogens with zero attached hydrogens (tertiary/aromatic N) is 3. The molecule has 0 spiro atoms. The molecule has 1 aliphatic rings. The van der Waals surface area contributed by atoms with Crippen LogP contribution in [0, 0.1) is 0 Å². The fourth-order valence-corrected chi connectivity index (χ4v) is 2.08. The minimum absolute atomic E-state index is 1.04. The van der Waals surface area contributed by atoms with Crippen LogP contribution >= 0.6 is 11.8 Å². The van der Waals surface area contributed by atoms with Crippen LogP contribution in [0.4, 0.5) is 0 Å². The van der Waals surface area contributed by atoms with Gasteiger partial charge in [0.05, 0.1) is 11.4 Å². The lowest BCUT2D eigenvalue weighted by Crippen LogP contribution is -2.05. The van der Waals surface area contributed by atoms with E-state index in [4.69, 9.17) is 0 Å². The Morgan fingerprint density at radius 2 is 2.50 bits per heavy atom. The highest BCUT2D eigenvalue weighted by Gasteiger charge is 2.14. The molecule has 0 aliphatic carbocycles. The summed E-state index contributed by atoms with van der Waals surface area (Å²) in [5, 5.41) is 8.00. The first-order chi connectivity index (χ1) is 4.88. The fraction of sp³-hybridized carbons (Fsp3) is 0.667. The van der Waals surface area contributed by atoms with Crippen LogP contribution in [-0.4, -0.2) is 20.7 Å². The summed E-state index contributed by atoms with van der Waals surface area (Å²) >= 11 is 1.94. The third-order valence-corrected chi connectivity index (χ3v) is 2.72. The third-order valence-electron chi connectivity index (χ3n) is 1.75. The van der Waals surface area contributed by atoms with Gasteiger partial charge in [-0.25, -0.2) is 0 Å². The van der Waals surface area contributed by atoms with Crippen LogP contribution in [0.1, 0.15) is 11.4 Å². The van der Waals surface area contributed by atoms with Gasteiger partial charge in [-0.05, 0) is 5.75 Å². The van der Waals surface area contributed by atoms with Crippen molar-refractivity contribution in [2.24, 2.45) is 7.05 Å². The van der Waals surface area contributed by atoms with Crippen LogP contribution in [0.3, 0.4) is 0 Å². The maximum absolute atomic E-state index is 4.05. The van der Waals surface area contributed by atoms with Gasteiger partial charge in [0.15, 0.2) is 0 Å². The van der Waals surface area contributed by atoms with Crippen molar-refractivity contribution in [2.75, 3.05) is 5.75 Å². The Bertz CT molecular complexity index is 243. The number of aryl methyl sites for hydroxylation is 1. The fourth-order valence-electron chi connectivity index (χ4n) is 1.18. The lowest BCUT2D eigenvalue weighted by molar-refractivity contribution is 0.683. The predicted molar refractivity (Wildman–Crippen MR) is 40.9 cm³/mol. The Morgan fingerprint density at radius 1 is 1.60 bits per heavy atom. The van der Waals surface area contributed by atoms with Crippen LogP contribution in [0.25, 0.3) is 0 Å². The molecule has 3 nitrogen and oxygen atoms in total. The van der Waals surface area contributed by atoms with Crippen molar-refractivity contribution in [1.82, 2.24) is 15.0 Å². The van der Waals surface area contributed by atoms with Gasteiger partial charge in [-0.1, -0.05) is 5.21 Å². The summed E-state index contributed by atoms with van der Waals surface area (Å²) in [5.74, 6) is 2.26. The van der Waals surface area contributed by atoms with Crippen molar-refractivity contribution in [2.45, 2.75) is 12.2 Å². The van der Waals surface area contributed by atoms with Gasteiger partial charge in [-0.3, -0.25) is 4.68 Å². The Morgan fingerprint density at radius 3 is 3.30 bits per heavy atom. The van der Waals surface area contributed by atoms with Crippen molar-refractivity contribution in [3.05, 3.63) is 11.4 Å². The summed E-state index contributed by atoms with van der Waals surface area (Å²) < 4.78 is 1.88. The molecule has 10 heavy (non-hydrogen) atoms. The molecule has 2 heterocycles. The standard InChI is InChI=1S/C6H9N3S/c1-9-6-2-3-10-4-5(6)7-8-9/h2-4H2,1H3. The Balaban J connectivity index is 2.45. The zero-order valence-corrected chi connectivity index (χ0v) is 6.69. The number of hydrogen-bond donors (Lipinski definition) is 0. The van der Waals surface area contributed by atoms with Gasteiger partial charge in [0.1, 0.15) is 0 Å². The monoisotopic (exact) mass is 155 g/mol. The second kappa shape index (κ2) is 2.27. The minimum Gasteiger partial charge on any atom is -0.252 e. The molecule has 0 amide bonds. The van der Waals surface area contributed by atoms with Crippen LogP contribution in [0.5, 0.6) is 0 Å². The highest BCUT2D eigenvalue weighted by atomic mass is 32.2. The van der Waals surface area contributed by atoms with Gasteiger partial charge in [0.2, 0.25) is 0 Å². The van der Waals surface area contributed by atoms with Crippen LogP contribution in [0.15, 0.2) is 0 Å². The SMILES string of the molecule is Cn1nnc2c1CCSC2. The zero-order valence-electron chi connectivity index (χ0n) is 5.87. The summed E-state index contributed by atoms with van der Waals surface area (Å²) in [5.41, 5.74) is 2.50. The third kappa shape index (κ3) is 0.831. The maximum atomic E-state index is 4.05. The molecule has 0 saturated heterocycles. The second-order valence-electron chi connectivity index (χ2n) is 2.41. The average molecular weight is 155 g/mol. The van der Waals surface area contributed by atoms with E-state index in [0.717, 1.165) is 12.2 Å². The number of fused-ring (bicyclic) bond motifs is 1. The number of rotatable bonds is 0. The van der Waals surface area contributed by atoms with Crippen LogP contribution in [0.2, 0.25) is 0 Å². The van der Waals surface area contributed by atoms with Gasteiger partial charge < -0.3 is 0 Å². The lowest BCUT2D eigenvalue weighted by atomic mass is 10.3. The molecule has 1 aromatic heterocycles. The first-order valence-corrected chi connectivity index (χ1v) is 4.48. The molecule has 54 valence electrons. The van der Waals surface area contributed by atoms with Crippen LogP contribution < -0.4 is 0 Å². The molecule has 0 saturated carbocycles. The number of aromatic nitrogens is 3. The van der Waals surface area contributed by atoms with Gasteiger partial charge in [-0.15, -0.1) is 5.10 Å². The molecule has 0 unspecified atom stereocenters. The largest absolute Gasteiger partial charge is 0.252 e. The molecular formula is C6H9N3S. The summed E-state index contributed by atoms with van der Waals surface area (Å²) in [6, 6.07) is 0. The summed E-state index contributed by atoms with van der Waals surface area (Å²) in [4.78, 5) is 0. The Hall–Kier alpha value is -0.510. The highest BCUT2D eigenvalue weighted by Crippen LogP contribution is 2.21. The first-order valence-electron chi connectivity index (χ1n) is 3.33. The van der Waals surface area contributed by atoms with Crippen molar-refractivity contribution >= 4 is 11.8 Å². The van der Waals surface area contributed by atoms with Gasteiger partial charge in [-0.2, -0.15) is 11.8 Å². The molecule has 1 aliphatic heterocycles. The van der Waals surface area contributed by atoms with E-state index in [2.05, 4.69) is 10.3 Å². The highest BCUT2D eigenvalue weighted by molar-refractivity contribution is 7.98. The first kappa shape index (κ1) is 6.22. The van der Waals surface area contributed by atoms with E-state index in [0.29, 0.717) is 0 Å². The van der Waals surface area contributed by atoms with Gasteiger partial charge >= 0.3 is 0 Å². The molecule has 0 fully saturated rings. The molecule has 2 rings (SSSR count). The lowest BCUT2D eigenvalue weighted by Gasteiger charge is -2.08. The molecule has 4 heteroatoms. The average Bonchev–Trinajstić information content (AvgIpc) is 2.34. The number of thioether (sulfide) groups is 1. The van der Waals surface area contributed by atoms with E-state index >= 15 is 0 Å². The molecule has 0 radical (unpaired) electrons. The smallest absolute Gasteiger partial charge is 0.0958 e. The van der Waals surface area contributed by atoms with Crippen molar-refractivity contribution in [1.29, 1.82) is 0 Å². The van der Waals surface area contributed by atoms with E-state index < -0.39 is 0 Å². The van der Waals surface area contributed by atoms with Crippen LogP contribution in [-0.2, 0) is 19.2 Å². The quantitative estimate of drug-likeness (QED) is 0.550. The van der Waals surface area contributed by atoms with E-state index in [1.165, 1.54) is 17.1 Å². The normalized spacial score (nSPS) is 16.9. The minimum atomic E-state index is 1.04. The topological polar surface area (TPSA) is 30.7 Å². The molecule has 0 atom stereocenters. The molecule has 0 N–H and O–H groups in total. The van der Waals surface area contributed by atoms with Crippen molar-refractivity contribution in [3.63, 3.8) is 0 Å². The molecule has 0 bridgehead atoms. The van der Waals surface area contributed by atoms with E-state index in [-0.39, 0.29) is 0 Å². The summed E-state index contributed by atoms with van der Waals surface area (Å²) in [6.45, 7) is 0. The van der Waals surface area contributed by atoms with Gasteiger partial charge in [0.25, 0.3) is 0 Å². The van der Waals surface area contributed by atoms with E-state index in [9.17, 15) is 0 Å². The molecule has 1 aromatic rings. The summed E-state index contributed by atoms with van der Waals surface area (Å²) in [6.07, 6.45) is 1.13.